The molecule has 0 aliphatic heterocycles. The van der Waals surface area contributed by atoms with Crippen LogP contribution in [0.15, 0.2) is 46.9 Å². The number of nitrogens with one attached hydrogen (secondary N) is 1. The first-order valence-corrected chi connectivity index (χ1v) is 6.39. The molecule has 2 aromatic rings. The second-order valence-corrected chi connectivity index (χ2v) is 5.10. The van der Waals surface area contributed by atoms with Crippen molar-refractivity contribution in [1.29, 1.82) is 0 Å². The van der Waals surface area contributed by atoms with Crippen molar-refractivity contribution in [2.45, 2.75) is 13.0 Å². The van der Waals surface area contributed by atoms with Crippen LogP contribution in [-0.4, -0.2) is 0 Å². The average Bonchev–Trinajstić information content (AvgIpc) is 2.35. The Labute approximate surface area is 114 Å². The van der Waals surface area contributed by atoms with Gasteiger partial charge in [-0.2, -0.15) is 0 Å². The van der Waals surface area contributed by atoms with E-state index in [-0.39, 0.29) is 11.9 Å². The predicted molar refractivity (Wildman–Crippen MR) is 74.4 cm³/mol. The molecule has 0 aromatic heterocycles. The molecule has 0 heterocycles. The van der Waals surface area contributed by atoms with Gasteiger partial charge in [-0.05, 0) is 30.7 Å². The maximum absolute atomic E-state index is 13.9. The first kappa shape index (κ1) is 13.2. The Morgan fingerprint density at radius 1 is 1.22 bits per heavy atom. The average molecular weight is 309 g/mol. The van der Waals surface area contributed by atoms with Crippen molar-refractivity contribution >= 4 is 15.9 Å². The molecule has 94 valence electrons. The van der Waals surface area contributed by atoms with Crippen LogP contribution in [0, 0.1) is 12.7 Å². The van der Waals surface area contributed by atoms with Crippen LogP contribution in [0.2, 0.25) is 0 Å². The van der Waals surface area contributed by atoms with Crippen molar-refractivity contribution in [2.24, 2.45) is 5.84 Å². The van der Waals surface area contributed by atoms with Crippen molar-refractivity contribution in [2.75, 3.05) is 0 Å². The van der Waals surface area contributed by atoms with E-state index in [1.54, 1.807) is 12.1 Å². The fourth-order valence-electron chi connectivity index (χ4n) is 1.94. The highest BCUT2D eigenvalue weighted by atomic mass is 79.9. The molecule has 0 saturated carbocycles. The Balaban J connectivity index is 2.48. The molecule has 18 heavy (non-hydrogen) atoms. The van der Waals surface area contributed by atoms with Crippen LogP contribution in [0.3, 0.4) is 0 Å². The van der Waals surface area contributed by atoms with E-state index in [1.807, 2.05) is 31.2 Å². The van der Waals surface area contributed by atoms with Crippen molar-refractivity contribution in [3.63, 3.8) is 0 Å². The summed E-state index contributed by atoms with van der Waals surface area (Å²) in [4.78, 5) is 0. The summed E-state index contributed by atoms with van der Waals surface area (Å²) in [5, 5.41) is 0. The number of hydrogen-bond acceptors (Lipinski definition) is 2. The topological polar surface area (TPSA) is 38.0 Å². The minimum Gasteiger partial charge on any atom is -0.271 e. The first-order chi connectivity index (χ1) is 8.61. The van der Waals surface area contributed by atoms with Gasteiger partial charge in [0.25, 0.3) is 0 Å². The number of halogens is 2. The number of rotatable bonds is 3. The van der Waals surface area contributed by atoms with Gasteiger partial charge in [0.2, 0.25) is 0 Å². The highest BCUT2D eigenvalue weighted by molar-refractivity contribution is 9.10. The van der Waals surface area contributed by atoms with Gasteiger partial charge in [-0.3, -0.25) is 5.84 Å². The third-order valence-corrected chi connectivity index (χ3v) is 3.30. The van der Waals surface area contributed by atoms with Crippen LogP contribution in [0.1, 0.15) is 22.7 Å². The summed E-state index contributed by atoms with van der Waals surface area (Å²) in [7, 11) is 0. The number of aryl methyl sites for hydroxylation is 1. The van der Waals surface area contributed by atoms with Gasteiger partial charge in [0.05, 0.1) is 6.04 Å². The van der Waals surface area contributed by atoms with E-state index in [0.717, 1.165) is 15.6 Å². The molecule has 0 radical (unpaired) electrons. The summed E-state index contributed by atoms with van der Waals surface area (Å²) in [5.74, 6) is 5.31. The zero-order valence-corrected chi connectivity index (χ0v) is 11.5. The summed E-state index contributed by atoms with van der Waals surface area (Å²) in [5.41, 5.74) is 5.14. The molecule has 2 nitrogen and oxygen atoms in total. The van der Waals surface area contributed by atoms with E-state index in [1.165, 1.54) is 6.07 Å². The third kappa shape index (κ3) is 2.77. The lowest BCUT2D eigenvalue weighted by molar-refractivity contribution is 0.559. The molecule has 0 fully saturated rings. The Morgan fingerprint density at radius 2 is 2.00 bits per heavy atom. The van der Waals surface area contributed by atoms with Gasteiger partial charge >= 0.3 is 0 Å². The molecule has 0 aliphatic rings. The number of nitrogens with two attached hydrogens (primary N) is 1. The lowest BCUT2D eigenvalue weighted by Crippen LogP contribution is -2.29. The molecule has 0 saturated heterocycles. The molecule has 2 rings (SSSR count). The van der Waals surface area contributed by atoms with Crippen LogP contribution in [0.5, 0.6) is 0 Å². The van der Waals surface area contributed by atoms with Gasteiger partial charge in [0.15, 0.2) is 0 Å². The number of hydrogen-bond donors (Lipinski definition) is 2. The smallest absolute Gasteiger partial charge is 0.128 e. The molecule has 2 aromatic carbocycles. The summed E-state index contributed by atoms with van der Waals surface area (Å²) >= 11 is 3.40. The summed E-state index contributed by atoms with van der Waals surface area (Å²) in [6, 6.07) is 12.3. The second-order valence-electron chi connectivity index (χ2n) is 4.18. The van der Waals surface area contributed by atoms with Crippen LogP contribution in [0.25, 0.3) is 0 Å². The largest absolute Gasteiger partial charge is 0.271 e. The van der Waals surface area contributed by atoms with Gasteiger partial charge in [0.1, 0.15) is 5.82 Å². The minimum absolute atomic E-state index is 0.261. The molecular weight excluding hydrogens is 295 g/mol. The third-order valence-electron chi connectivity index (χ3n) is 2.81. The number of hydrazine groups is 1. The fourth-order valence-corrected chi connectivity index (χ4v) is 2.35. The van der Waals surface area contributed by atoms with Crippen molar-refractivity contribution in [3.8, 4) is 0 Å². The summed E-state index contributed by atoms with van der Waals surface area (Å²) in [6.45, 7) is 1.93. The second kappa shape index (κ2) is 5.61. The molecule has 0 spiro atoms. The van der Waals surface area contributed by atoms with Crippen LogP contribution in [0.4, 0.5) is 4.39 Å². The van der Waals surface area contributed by atoms with E-state index in [0.29, 0.717) is 5.56 Å². The van der Waals surface area contributed by atoms with E-state index in [2.05, 4.69) is 21.4 Å². The normalized spacial score (nSPS) is 12.4. The van der Waals surface area contributed by atoms with Crippen molar-refractivity contribution in [3.05, 3.63) is 69.4 Å². The van der Waals surface area contributed by atoms with E-state index in [9.17, 15) is 4.39 Å². The standard InChI is InChI=1S/C14H14BrFN2/c1-9-5-6-13(16)12(7-9)14(18-17)10-3-2-4-11(15)8-10/h2-8,14,18H,17H2,1H3. The monoisotopic (exact) mass is 308 g/mol. The Bertz CT molecular complexity index is 557. The van der Waals surface area contributed by atoms with Gasteiger partial charge in [-0.1, -0.05) is 45.8 Å². The first-order valence-electron chi connectivity index (χ1n) is 5.59. The molecule has 0 aliphatic carbocycles. The Hall–Kier alpha value is -1.23. The van der Waals surface area contributed by atoms with Gasteiger partial charge < -0.3 is 0 Å². The molecule has 0 amide bonds. The molecule has 0 bridgehead atoms. The quantitative estimate of drug-likeness (QED) is 0.673. The maximum atomic E-state index is 13.9. The highest BCUT2D eigenvalue weighted by Crippen LogP contribution is 2.26. The molecular formula is C14H14BrFN2. The van der Waals surface area contributed by atoms with Crippen molar-refractivity contribution in [1.82, 2.24) is 5.43 Å². The zero-order valence-electron chi connectivity index (χ0n) is 9.95. The molecule has 1 unspecified atom stereocenters. The molecule has 3 N–H and O–H groups in total. The summed E-state index contributed by atoms with van der Waals surface area (Å²) in [6.07, 6.45) is 0. The van der Waals surface area contributed by atoms with Gasteiger partial charge in [0, 0.05) is 10.0 Å². The van der Waals surface area contributed by atoms with E-state index in [4.69, 9.17) is 5.84 Å². The Kier molecular flexibility index (Phi) is 4.11. The molecule has 4 heteroatoms. The highest BCUT2D eigenvalue weighted by Gasteiger charge is 2.16. The Morgan fingerprint density at radius 3 is 2.67 bits per heavy atom. The number of benzene rings is 2. The lowest BCUT2D eigenvalue weighted by Gasteiger charge is -2.18. The predicted octanol–water partition coefficient (Wildman–Crippen LogP) is 3.45. The fraction of sp³-hybridized carbons (Fsp3) is 0.143. The maximum Gasteiger partial charge on any atom is 0.128 e. The van der Waals surface area contributed by atoms with E-state index >= 15 is 0 Å². The van der Waals surface area contributed by atoms with Gasteiger partial charge in [-0.25, -0.2) is 9.82 Å². The van der Waals surface area contributed by atoms with Gasteiger partial charge in [-0.15, -0.1) is 0 Å². The van der Waals surface area contributed by atoms with Crippen LogP contribution in [-0.2, 0) is 0 Å². The van der Waals surface area contributed by atoms with E-state index < -0.39 is 0 Å². The summed E-state index contributed by atoms with van der Waals surface area (Å²) < 4.78 is 14.8. The SMILES string of the molecule is Cc1ccc(F)c(C(NN)c2cccc(Br)c2)c1. The zero-order chi connectivity index (χ0) is 13.1. The lowest BCUT2D eigenvalue weighted by atomic mass is 9.97. The minimum atomic E-state index is -0.359. The van der Waals surface area contributed by atoms with Crippen LogP contribution < -0.4 is 11.3 Å². The molecule has 1 atom stereocenters. The van der Waals surface area contributed by atoms with Crippen molar-refractivity contribution < 1.29 is 4.39 Å². The van der Waals surface area contributed by atoms with Crippen LogP contribution >= 0.6 is 15.9 Å².